The fraction of sp³-hybridized carbons (Fsp3) is 0.500. The van der Waals surface area contributed by atoms with Gasteiger partial charge in [-0.15, -0.1) is 0 Å². The molecule has 20 heavy (non-hydrogen) atoms. The molecular formula is C16H18O4. The van der Waals surface area contributed by atoms with Gasteiger partial charge in [0.2, 0.25) is 0 Å². The second-order valence-electron chi connectivity index (χ2n) is 5.69. The number of ether oxygens (including phenoxy) is 2. The summed E-state index contributed by atoms with van der Waals surface area (Å²) >= 11 is 0. The molecule has 1 aromatic carbocycles. The Labute approximate surface area is 118 Å². The van der Waals surface area contributed by atoms with E-state index in [-0.39, 0.29) is 30.0 Å². The highest BCUT2D eigenvalue weighted by Crippen LogP contribution is 2.41. The summed E-state index contributed by atoms with van der Waals surface area (Å²) in [6.07, 6.45) is 1.94. The third-order valence-corrected chi connectivity index (χ3v) is 4.03. The van der Waals surface area contributed by atoms with Gasteiger partial charge < -0.3 is 9.47 Å². The van der Waals surface area contributed by atoms with Crippen molar-refractivity contribution in [2.75, 3.05) is 7.11 Å². The second-order valence-corrected chi connectivity index (χ2v) is 5.69. The van der Waals surface area contributed by atoms with Crippen LogP contribution in [-0.2, 0) is 16.0 Å². The standard InChI is InChI=1S/C16H18O4/c1-9-3-11-6-16(19-2)14(8-15(11)20-9)10-4-12(17)7-13(18)5-10/h6,8-10H,3-5,7H2,1-2H3. The molecule has 1 fully saturated rings. The smallest absolute Gasteiger partial charge is 0.140 e. The minimum absolute atomic E-state index is 0.0167. The van der Waals surface area contributed by atoms with Crippen LogP contribution < -0.4 is 9.47 Å². The van der Waals surface area contributed by atoms with Crippen molar-refractivity contribution in [3.63, 3.8) is 0 Å². The molecule has 1 aromatic rings. The molecule has 106 valence electrons. The lowest BCUT2D eigenvalue weighted by molar-refractivity contribution is -0.130. The minimum atomic E-state index is -0.0801. The van der Waals surface area contributed by atoms with E-state index in [0.717, 1.165) is 29.0 Å². The van der Waals surface area contributed by atoms with Gasteiger partial charge in [0.05, 0.1) is 13.5 Å². The number of ketones is 2. The molecule has 4 nitrogen and oxygen atoms in total. The maximum Gasteiger partial charge on any atom is 0.140 e. The topological polar surface area (TPSA) is 52.6 Å². The molecule has 0 amide bonds. The van der Waals surface area contributed by atoms with Crippen LogP contribution in [0.15, 0.2) is 12.1 Å². The number of fused-ring (bicyclic) bond motifs is 1. The third kappa shape index (κ3) is 2.30. The van der Waals surface area contributed by atoms with Crippen LogP contribution >= 0.6 is 0 Å². The van der Waals surface area contributed by atoms with Crippen LogP contribution in [0.25, 0.3) is 0 Å². The zero-order valence-electron chi connectivity index (χ0n) is 11.8. The highest BCUT2D eigenvalue weighted by atomic mass is 16.5. The average molecular weight is 274 g/mol. The first kappa shape index (κ1) is 13.2. The highest BCUT2D eigenvalue weighted by Gasteiger charge is 2.30. The summed E-state index contributed by atoms with van der Waals surface area (Å²) in [7, 11) is 1.62. The Hall–Kier alpha value is -1.84. The van der Waals surface area contributed by atoms with Crippen LogP contribution in [-0.4, -0.2) is 24.8 Å². The van der Waals surface area contributed by atoms with E-state index in [0.29, 0.717) is 12.8 Å². The van der Waals surface area contributed by atoms with Crippen molar-refractivity contribution in [1.82, 2.24) is 0 Å². The van der Waals surface area contributed by atoms with E-state index in [1.807, 2.05) is 19.1 Å². The van der Waals surface area contributed by atoms with Gasteiger partial charge in [-0.1, -0.05) is 0 Å². The Bertz CT molecular complexity index is 560. The van der Waals surface area contributed by atoms with E-state index >= 15 is 0 Å². The number of carbonyl (C=O) groups is 2. The summed E-state index contributed by atoms with van der Waals surface area (Å²) in [5, 5.41) is 0. The van der Waals surface area contributed by atoms with Gasteiger partial charge in [0, 0.05) is 36.3 Å². The van der Waals surface area contributed by atoms with Crippen molar-refractivity contribution >= 4 is 11.6 Å². The largest absolute Gasteiger partial charge is 0.496 e. The van der Waals surface area contributed by atoms with E-state index in [1.165, 1.54) is 0 Å². The van der Waals surface area contributed by atoms with Gasteiger partial charge in [-0.3, -0.25) is 9.59 Å². The summed E-state index contributed by atoms with van der Waals surface area (Å²) in [5.74, 6) is 1.57. The van der Waals surface area contributed by atoms with Crippen molar-refractivity contribution in [1.29, 1.82) is 0 Å². The Balaban J connectivity index is 1.98. The molecule has 2 aliphatic rings. The Kier molecular flexibility index (Phi) is 3.24. The molecule has 1 saturated carbocycles. The molecule has 0 bridgehead atoms. The van der Waals surface area contributed by atoms with Crippen LogP contribution in [0.2, 0.25) is 0 Å². The fourth-order valence-electron chi connectivity index (χ4n) is 3.16. The average Bonchev–Trinajstić information content (AvgIpc) is 2.75. The number of hydrogen-bond acceptors (Lipinski definition) is 4. The number of methoxy groups -OCH3 is 1. The molecule has 1 atom stereocenters. The van der Waals surface area contributed by atoms with Crippen molar-refractivity contribution in [2.45, 2.75) is 44.6 Å². The molecule has 0 N–H and O–H groups in total. The summed E-state index contributed by atoms with van der Waals surface area (Å²) in [5.41, 5.74) is 2.05. The Morgan fingerprint density at radius 2 is 1.85 bits per heavy atom. The summed E-state index contributed by atoms with van der Waals surface area (Å²) < 4.78 is 11.2. The molecule has 0 radical (unpaired) electrons. The molecule has 1 heterocycles. The molecule has 1 unspecified atom stereocenters. The predicted molar refractivity (Wildman–Crippen MR) is 73.4 cm³/mol. The van der Waals surface area contributed by atoms with Crippen molar-refractivity contribution < 1.29 is 19.1 Å². The zero-order chi connectivity index (χ0) is 14.3. The van der Waals surface area contributed by atoms with Crippen LogP contribution in [0.3, 0.4) is 0 Å². The molecule has 0 spiro atoms. The van der Waals surface area contributed by atoms with Gasteiger partial charge in [0.15, 0.2) is 0 Å². The highest BCUT2D eigenvalue weighted by molar-refractivity contribution is 6.02. The third-order valence-electron chi connectivity index (χ3n) is 4.03. The lowest BCUT2D eigenvalue weighted by atomic mass is 9.82. The quantitative estimate of drug-likeness (QED) is 0.777. The summed E-state index contributed by atoms with van der Waals surface area (Å²) in [4.78, 5) is 23.3. The van der Waals surface area contributed by atoms with Crippen LogP contribution in [0.1, 0.15) is 43.2 Å². The van der Waals surface area contributed by atoms with Crippen LogP contribution in [0.5, 0.6) is 11.5 Å². The summed E-state index contributed by atoms with van der Waals surface area (Å²) in [6, 6.07) is 3.94. The van der Waals surface area contributed by atoms with E-state index in [4.69, 9.17) is 9.47 Å². The monoisotopic (exact) mass is 274 g/mol. The normalized spacial score (nSPS) is 22.6. The minimum Gasteiger partial charge on any atom is -0.496 e. The SMILES string of the molecule is COc1cc2c(cc1C1CC(=O)CC(=O)C1)OC(C)C2. The lowest BCUT2D eigenvalue weighted by Crippen LogP contribution is -2.21. The fourth-order valence-corrected chi connectivity index (χ4v) is 3.16. The van der Waals surface area contributed by atoms with Crippen molar-refractivity contribution in [2.24, 2.45) is 0 Å². The van der Waals surface area contributed by atoms with Gasteiger partial charge in [-0.25, -0.2) is 0 Å². The first-order valence-corrected chi connectivity index (χ1v) is 6.97. The van der Waals surface area contributed by atoms with Gasteiger partial charge >= 0.3 is 0 Å². The molecule has 0 aromatic heterocycles. The van der Waals surface area contributed by atoms with Crippen molar-refractivity contribution in [3.05, 3.63) is 23.3 Å². The van der Waals surface area contributed by atoms with Gasteiger partial charge in [0.1, 0.15) is 29.2 Å². The number of carbonyl (C=O) groups excluding carboxylic acids is 2. The Morgan fingerprint density at radius 3 is 2.50 bits per heavy atom. The molecule has 3 rings (SSSR count). The first-order valence-electron chi connectivity index (χ1n) is 6.97. The first-order chi connectivity index (χ1) is 9.56. The van der Waals surface area contributed by atoms with Crippen LogP contribution in [0, 0.1) is 0 Å². The van der Waals surface area contributed by atoms with E-state index in [9.17, 15) is 9.59 Å². The number of hydrogen-bond donors (Lipinski definition) is 0. The van der Waals surface area contributed by atoms with E-state index in [1.54, 1.807) is 7.11 Å². The Morgan fingerprint density at radius 1 is 1.15 bits per heavy atom. The molecule has 4 heteroatoms. The van der Waals surface area contributed by atoms with Crippen molar-refractivity contribution in [3.8, 4) is 11.5 Å². The van der Waals surface area contributed by atoms with Crippen LogP contribution in [0.4, 0.5) is 0 Å². The second kappa shape index (κ2) is 4.93. The lowest BCUT2D eigenvalue weighted by Gasteiger charge is -2.23. The number of rotatable bonds is 2. The number of Topliss-reactive ketones (excluding diaryl/α,β-unsaturated/α-hetero) is 2. The molecule has 0 saturated heterocycles. The molecular weight excluding hydrogens is 256 g/mol. The number of benzene rings is 1. The maximum absolute atomic E-state index is 11.6. The zero-order valence-corrected chi connectivity index (χ0v) is 11.8. The van der Waals surface area contributed by atoms with E-state index < -0.39 is 0 Å². The van der Waals surface area contributed by atoms with Gasteiger partial charge in [-0.05, 0) is 19.1 Å². The predicted octanol–water partition coefficient (Wildman–Crippen LogP) is 2.42. The summed E-state index contributed by atoms with van der Waals surface area (Å²) in [6.45, 7) is 2.03. The van der Waals surface area contributed by atoms with E-state index in [2.05, 4.69) is 0 Å². The van der Waals surface area contributed by atoms with Gasteiger partial charge in [-0.2, -0.15) is 0 Å². The maximum atomic E-state index is 11.6. The molecule has 1 aliphatic heterocycles. The molecule has 1 aliphatic carbocycles. The van der Waals surface area contributed by atoms with Gasteiger partial charge in [0.25, 0.3) is 0 Å².